The molecule has 6 heteroatoms. The van der Waals surface area contributed by atoms with Crippen molar-refractivity contribution in [2.45, 2.75) is 25.7 Å². The molecule has 22 heavy (non-hydrogen) atoms. The molecule has 0 saturated carbocycles. The van der Waals surface area contributed by atoms with Crippen molar-refractivity contribution in [1.82, 2.24) is 4.98 Å². The Kier molecular flexibility index (Phi) is 3.41. The third kappa shape index (κ3) is 2.69. The maximum Gasteiger partial charge on any atom is 0.262 e. The molecular weight excluding hydrogens is 300 g/mol. The van der Waals surface area contributed by atoms with Gasteiger partial charge in [-0.15, -0.1) is 0 Å². The molecule has 1 heterocycles. The lowest BCUT2D eigenvalue weighted by Crippen LogP contribution is -2.14. The number of aromatic nitrogens is 1. The second-order valence-corrected chi connectivity index (χ2v) is 6.94. The number of nitrogens with zero attached hydrogens (tertiary/aromatic N) is 1. The Labute approximate surface area is 129 Å². The van der Waals surface area contributed by atoms with Crippen LogP contribution in [0.2, 0.25) is 0 Å². The molecule has 3 rings (SSSR count). The van der Waals surface area contributed by atoms with Gasteiger partial charge in [0, 0.05) is 13.0 Å². The molecule has 3 aromatic rings. The molecule has 1 N–H and O–H groups in total. The van der Waals surface area contributed by atoms with Crippen molar-refractivity contribution in [2.24, 2.45) is 0 Å². The van der Waals surface area contributed by atoms with Gasteiger partial charge >= 0.3 is 0 Å². The van der Waals surface area contributed by atoms with Crippen LogP contribution >= 0.6 is 0 Å². The summed E-state index contributed by atoms with van der Waals surface area (Å²) in [6.07, 6.45) is 0. The fraction of sp³-hybridized carbons (Fsp3) is 0.188. The van der Waals surface area contributed by atoms with Gasteiger partial charge in [-0.25, -0.2) is 13.4 Å². The summed E-state index contributed by atoms with van der Waals surface area (Å²) >= 11 is 0. The van der Waals surface area contributed by atoms with E-state index in [0.717, 1.165) is 5.56 Å². The molecule has 0 atom stereocenters. The lowest BCUT2D eigenvalue weighted by Gasteiger charge is -2.10. The van der Waals surface area contributed by atoms with E-state index in [0.29, 0.717) is 28.2 Å². The van der Waals surface area contributed by atoms with Gasteiger partial charge in [0.05, 0.1) is 10.6 Å². The average molecular weight is 316 g/mol. The van der Waals surface area contributed by atoms with Crippen molar-refractivity contribution in [3.63, 3.8) is 0 Å². The highest BCUT2D eigenvalue weighted by Crippen LogP contribution is 2.24. The van der Waals surface area contributed by atoms with E-state index in [1.54, 1.807) is 44.2 Å². The first-order valence-electron chi connectivity index (χ1n) is 6.82. The van der Waals surface area contributed by atoms with Gasteiger partial charge < -0.3 is 4.42 Å². The zero-order valence-electron chi connectivity index (χ0n) is 12.5. The summed E-state index contributed by atoms with van der Waals surface area (Å²) in [4.78, 5) is 4.46. The summed E-state index contributed by atoms with van der Waals surface area (Å²) in [6, 6.07) is 10.3. The van der Waals surface area contributed by atoms with Crippen molar-refractivity contribution < 1.29 is 12.8 Å². The van der Waals surface area contributed by atoms with Crippen molar-refractivity contribution in [3.05, 3.63) is 53.4 Å². The Hall–Kier alpha value is -2.34. The lowest BCUT2D eigenvalue weighted by molar-refractivity contribution is 0.561. The predicted octanol–water partition coefficient (Wildman–Crippen LogP) is 3.55. The largest absolute Gasteiger partial charge is 0.441 e. The summed E-state index contributed by atoms with van der Waals surface area (Å²) in [5, 5.41) is 0. The number of fused-ring (bicyclic) bond motifs is 1. The van der Waals surface area contributed by atoms with Gasteiger partial charge in [-0.3, -0.25) is 4.72 Å². The number of sulfonamides is 1. The highest BCUT2D eigenvalue weighted by atomic mass is 32.2. The number of benzene rings is 2. The number of hydrogen-bond donors (Lipinski definition) is 1. The number of hydrogen-bond acceptors (Lipinski definition) is 4. The van der Waals surface area contributed by atoms with E-state index in [-0.39, 0.29) is 4.90 Å². The van der Waals surface area contributed by atoms with Crippen LogP contribution in [0.5, 0.6) is 0 Å². The molecule has 0 amide bonds. The SMILES string of the molecule is Cc1ccc(S(=O)(=O)Nc2ccc3nc(C)oc3c2)c(C)c1. The van der Waals surface area contributed by atoms with E-state index in [9.17, 15) is 8.42 Å². The molecule has 0 bridgehead atoms. The number of rotatable bonds is 3. The molecular formula is C16H16N2O3S. The molecule has 0 unspecified atom stereocenters. The Balaban J connectivity index is 1.98. The Bertz CT molecular complexity index is 959. The van der Waals surface area contributed by atoms with E-state index in [2.05, 4.69) is 9.71 Å². The first kappa shape index (κ1) is 14.6. The van der Waals surface area contributed by atoms with Crippen LogP contribution in [-0.2, 0) is 10.0 Å². The maximum absolute atomic E-state index is 12.5. The van der Waals surface area contributed by atoms with Crippen molar-refractivity contribution >= 4 is 26.8 Å². The number of aryl methyl sites for hydroxylation is 3. The molecule has 0 radical (unpaired) electrons. The van der Waals surface area contributed by atoms with Crippen LogP contribution in [0.1, 0.15) is 17.0 Å². The van der Waals surface area contributed by atoms with Crippen LogP contribution < -0.4 is 4.72 Å². The minimum atomic E-state index is -3.63. The molecule has 1 aromatic heterocycles. The smallest absolute Gasteiger partial charge is 0.262 e. The first-order chi connectivity index (χ1) is 10.3. The number of nitrogens with one attached hydrogen (secondary N) is 1. The molecule has 5 nitrogen and oxygen atoms in total. The molecule has 0 aliphatic rings. The van der Waals surface area contributed by atoms with Gasteiger partial charge in [0.1, 0.15) is 5.52 Å². The van der Waals surface area contributed by atoms with E-state index >= 15 is 0 Å². The minimum Gasteiger partial charge on any atom is -0.441 e. The monoisotopic (exact) mass is 316 g/mol. The van der Waals surface area contributed by atoms with Gasteiger partial charge in [-0.05, 0) is 37.6 Å². The normalized spacial score (nSPS) is 11.8. The van der Waals surface area contributed by atoms with E-state index in [4.69, 9.17) is 4.42 Å². The van der Waals surface area contributed by atoms with Crippen LogP contribution in [0.15, 0.2) is 45.7 Å². The van der Waals surface area contributed by atoms with Gasteiger partial charge in [0.2, 0.25) is 0 Å². The zero-order valence-corrected chi connectivity index (χ0v) is 13.4. The molecule has 114 valence electrons. The Morgan fingerprint density at radius 2 is 1.82 bits per heavy atom. The van der Waals surface area contributed by atoms with E-state index in [1.165, 1.54) is 0 Å². The van der Waals surface area contributed by atoms with Crippen molar-refractivity contribution in [2.75, 3.05) is 4.72 Å². The highest BCUT2D eigenvalue weighted by molar-refractivity contribution is 7.92. The fourth-order valence-electron chi connectivity index (χ4n) is 2.41. The van der Waals surface area contributed by atoms with Gasteiger partial charge in [0.15, 0.2) is 11.5 Å². The topological polar surface area (TPSA) is 72.2 Å². The second-order valence-electron chi connectivity index (χ2n) is 5.29. The third-order valence-corrected chi connectivity index (χ3v) is 4.91. The van der Waals surface area contributed by atoms with Gasteiger partial charge in [0.25, 0.3) is 10.0 Å². The quantitative estimate of drug-likeness (QED) is 0.802. The highest BCUT2D eigenvalue weighted by Gasteiger charge is 2.17. The molecule has 0 fully saturated rings. The standard InChI is InChI=1S/C16H16N2O3S/c1-10-4-7-16(11(2)8-10)22(19,20)18-13-5-6-14-15(9-13)21-12(3)17-14/h4-9,18H,1-3H3. The van der Waals surface area contributed by atoms with Crippen molar-refractivity contribution in [3.8, 4) is 0 Å². The maximum atomic E-state index is 12.5. The second kappa shape index (κ2) is 5.14. The van der Waals surface area contributed by atoms with Crippen LogP contribution in [0.4, 0.5) is 5.69 Å². The molecule has 0 spiro atoms. The van der Waals surface area contributed by atoms with Crippen molar-refractivity contribution in [1.29, 1.82) is 0 Å². The number of anilines is 1. The minimum absolute atomic E-state index is 0.270. The molecule has 0 saturated heterocycles. The Morgan fingerprint density at radius 1 is 1.05 bits per heavy atom. The molecule has 0 aliphatic heterocycles. The zero-order chi connectivity index (χ0) is 15.9. The fourth-order valence-corrected chi connectivity index (χ4v) is 3.69. The lowest BCUT2D eigenvalue weighted by atomic mass is 10.2. The molecule has 0 aliphatic carbocycles. The summed E-state index contributed by atoms with van der Waals surface area (Å²) < 4.78 is 33.0. The number of oxazole rings is 1. The van der Waals surface area contributed by atoms with Crippen LogP contribution in [0.3, 0.4) is 0 Å². The average Bonchev–Trinajstić information content (AvgIpc) is 2.77. The van der Waals surface area contributed by atoms with Gasteiger partial charge in [-0.2, -0.15) is 0 Å². The summed E-state index contributed by atoms with van der Waals surface area (Å²) in [5.41, 5.74) is 3.44. The van der Waals surface area contributed by atoms with Crippen LogP contribution in [0, 0.1) is 20.8 Å². The third-order valence-electron chi connectivity index (χ3n) is 3.37. The summed E-state index contributed by atoms with van der Waals surface area (Å²) in [5.74, 6) is 0.546. The first-order valence-corrected chi connectivity index (χ1v) is 8.31. The van der Waals surface area contributed by atoms with E-state index in [1.807, 2.05) is 13.0 Å². The summed E-state index contributed by atoms with van der Waals surface area (Å²) in [6.45, 7) is 5.46. The summed E-state index contributed by atoms with van der Waals surface area (Å²) in [7, 11) is -3.63. The van der Waals surface area contributed by atoms with Crippen LogP contribution in [-0.4, -0.2) is 13.4 Å². The van der Waals surface area contributed by atoms with E-state index < -0.39 is 10.0 Å². The Morgan fingerprint density at radius 3 is 2.55 bits per heavy atom. The molecule has 2 aromatic carbocycles. The van der Waals surface area contributed by atoms with Crippen LogP contribution in [0.25, 0.3) is 11.1 Å². The predicted molar refractivity (Wildman–Crippen MR) is 85.5 cm³/mol. The van der Waals surface area contributed by atoms with Gasteiger partial charge in [-0.1, -0.05) is 17.7 Å².